The molecule has 0 spiro atoms. The number of benzene rings is 2. The van der Waals surface area contributed by atoms with Gasteiger partial charge in [-0.25, -0.2) is 9.37 Å². The summed E-state index contributed by atoms with van der Waals surface area (Å²) in [6.45, 7) is 2.14. The molecule has 0 radical (unpaired) electrons. The summed E-state index contributed by atoms with van der Waals surface area (Å²) in [6, 6.07) is 10.9. The fourth-order valence-corrected chi connectivity index (χ4v) is 2.62. The Kier molecular flexibility index (Phi) is 3.55. The second kappa shape index (κ2) is 5.37. The highest BCUT2D eigenvalue weighted by molar-refractivity contribution is 6.31. The topological polar surface area (TPSA) is 43.8 Å². The van der Waals surface area contributed by atoms with Crippen molar-refractivity contribution < 1.29 is 4.39 Å². The first kappa shape index (κ1) is 13.9. The number of aryl methyl sites for hydroxylation is 1. The molecule has 3 aromatic rings. The van der Waals surface area contributed by atoms with Crippen molar-refractivity contribution in [2.24, 2.45) is 0 Å². The molecular weight excluding hydrogens is 289 g/mol. The monoisotopic (exact) mass is 303 g/mol. The van der Waals surface area contributed by atoms with Gasteiger partial charge in [0.2, 0.25) is 5.95 Å². The molecule has 3 nitrogen and oxygen atoms in total. The number of fused-ring (bicyclic) bond motifs is 1. The molecule has 0 bridgehead atoms. The van der Waals surface area contributed by atoms with Crippen LogP contribution in [0, 0.1) is 5.82 Å². The Bertz CT molecular complexity index is 793. The van der Waals surface area contributed by atoms with Crippen LogP contribution in [0.3, 0.4) is 0 Å². The first-order chi connectivity index (χ1) is 10.1. The zero-order valence-corrected chi connectivity index (χ0v) is 12.4. The number of halogens is 2. The van der Waals surface area contributed by atoms with Crippen LogP contribution in [0.2, 0.25) is 5.02 Å². The number of hydrogen-bond acceptors (Lipinski definition) is 2. The fraction of sp³-hybridized carbons (Fsp3) is 0.188. The van der Waals surface area contributed by atoms with Crippen LogP contribution in [0.1, 0.15) is 18.9 Å². The number of hydrogen-bond donors (Lipinski definition) is 1. The van der Waals surface area contributed by atoms with E-state index in [0.717, 1.165) is 18.5 Å². The largest absolute Gasteiger partial charge is 0.369 e. The molecule has 0 fully saturated rings. The standard InChI is InChI=1S/C16H15ClFN3/c1-2-3-10-4-6-11(7-5-10)21-15-9-13(18)12(17)8-14(15)20-16(21)19/h4-9H,2-3H2,1H3,(H2,19,20). The van der Waals surface area contributed by atoms with Crippen LogP contribution in [0.25, 0.3) is 16.7 Å². The van der Waals surface area contributed by atoms with E-state index < -0.39 is 5.82 Å². The Balaban J connectivity index is 2.15. The lowest BCUT2D eigenvalue weighted by atomic mass is 10.1. The van der Waals surface area contributed by atoms with E-state index in [0.29, 0.717) is 17.0 Å². The van der Waals surface area contributed by atoms with Gasteiger partial charge in [0.05, 0.1) is 16.1 Å². The van der Waals surface area contributed by atoms with Crippen LogP contribution in [0.4, 0.5) is 10.3 Å². The summed E-state index contributed by atoms with van der Waals surface area (Å²) in [5, 5.41) is 0.0467. The van der Waals surface area contributed by atoms with Crippen molar-refractivity contribution in [2.75, 3.05) is 5.73 Å². The van der Waals surface area contributed by atoms with Crippen molar-refractivity contribution in [2.45, 2.75) is 19.8 Å². The van der Waals surface area contributed by atoms with Crippen molar-refractivity contribution in [3.63, 3.8) is 0 Å². The molecule has 3 rings (SSSR count). The minimum absolute atomic E-state index is 0.0467. The van der Waals surface area contributed by atoms with E-state index in [9.17, 15) is 4.39 Å². The summed E-state index contributed by atoms with van der Waals surface area (Å²) in [4.78, 5) is 4.24. The highest BCUT2D eigenvalue weighted by Crippen LogP contribution is 2.27. The Morgan fingerprint density at radius 3 is 2.62 bits per heavy atom. The van der Waals surface area contributed by atoms with Crippen LogP contribution >= 0.6 is 11.6 Å². The Labute approximate surface area is 127 Å². The van der Waals surface area contributed by atoms with Gasteiger partial charge in [0, 0.05) is 11.8 Å². The van der Waals surface area contributed by atoms with Gasteiger partial charge in [-0.05, 0) is 30.2 Å². The predicted octanol–water partition coefficient (Wildman–Crippen LogP) is 4.35. The number of rotatable bonds is 3. The van der Waals surface area contributed by atoms with Crippen LogP contribution in [-0.4, -0.2) is 9.55 Å². The minimum atomic E-state index is -0.479. The zero-order valence-electron chi connectivity index (χ0n) is 11.6. The SMILES string of the molecule is CCCc1ccc(-n2c(N)nc3cc(Cl)c(F)cc32)cc1. The molecule has 0 aliphatic rings. The summed E-state index contributed by atoms with van der Waals surface area (Å²) in [7, 11) is 0. The molecule has 2 N–H and O–H groups in total. The van der Waals surface area contributed by atoms with Gasteiger partial charge in [0.25, 0.3) is 0 Å². The van der Waals surface area contributed by atoms with Crippen molar-refractivity contribution >= 4 is 28.6 Å². The molecule has 2 aromatic carbocycles. The zero-order chi connectivity index (χ0) is 15.0. The summed E-state index contributed by atoms with van der Waals surface area (Å²) in [5.41, 5.74) is 9.28. The number of imidazole rings is 1. The molecule has 0 saturated carbocycles. The van der Waals surface area contributed by atoms with E-state index in [1.54, 1.807) is 4.57 Å². The lowest BCUT2D eigenvalue weighted by molar-refractivity contribution is 0.629. The number of nitrogens with two attached hydrogens (primary N) is 1. The first-order valence-electron chi connectivity index (χ1n) is 6.82. The molecule has 5 heteroatoms. The third kappa shape index (κ3) is 2.47. The number of nitrogens with zero attached hydrogens (tertiary/aromatic N) is 2. The Hall–Kier alpha value is -2.07. The maximum atomic E-state index is 13.7. The second-order valence-electron chi connectivity index (χ2n) is 4.98. The molecule has 21 heavy (non-hydrogen) atoms. The lowest BCUT2D eigenvalue weighted by Crippen LogP contribution is -2.00. The highest BCUT2D eigenvalue weighted by Gasteiger charge is 2.13. The van der Waals surface area contributed by atoms with E-state index in [2.05, 4.69) is 24.0 Å². The molecular formula is C16H15ClFN3. The van der Waals surface area contributed by atoms with Gasteiger partial charge in [0.1, 0.15) is 5.82 Å². The van der Waals surface area contributed by atoms with Gasteiger partial charge in [-0.3, -0.25) is 4.57 Å². The molecule has 0 unspecified atom stereocenters. The average Bonchev–Trinajstić information content (AvgIpc) is 2.76. The summed E-state index contributed by atoms with van der Waals surface area (Å²) in [5.74, 6) is -0.164. The Morgan fingerprint density at radius 2 is 1.95 bits per heavy atom. The van der Waals surface area contributed by atoms with Gasteiger partial charge in [0.15, 0.2) is 0 Å². The lowest BCUT2D eigenvalue weighted by Gasteiger charge is -2.08. The molecule has 1 heterocycles. The predicted molar refractivity (Wildman–Crippen MR) is 84.4 cm³/mol. The normalized spacial score (nSPS) is 11.2. The van der Waals surface area contributed by atoms with Gasteiger partial charge < -0.3 is 5.73 Å². The van der Waals surface area contributed by atoms with Gasteiger partial charge in [-0.2, -0.15) is 0 Å². The number of anilines is 1. The van der Waals surface area contributed by atoms with Gasteiger partial charge in [-0.15, -0.1) is 0 Å². The maximum absolute atomic E-state index is 13.7. The summed E-state index contributed by atoms with van der Waals surface area (Å²) >= 11 is 5.79. The quantitative estimate of drug-likeness (QED) is 0.781. The number of aromatic nitrogens is 2. The van der Waals surface area contributed by atoms with Gasteiger partial charge >= 0.3 is 0 Å². The van der Waals surface area contributed by atoms with Crippen molar-refractivity contribution in [1.29, 1.82) is 0 Å². The van der Waals surface area contributed by atoms with Gasteiger partial charge in [-0.1, -0.05) is 37.1 Å². The van der Waals surface area contributed by atoms with Crippen LogP contribution in [0.15, 0.2) is 36.4 Å². The third-order valence-electron chi connectivity index (χ3n) is 3.46. The smallest absolute Gasteiger partial charge is 0.205 e. The highest BCUT2D eigenvalue weighted by atomic mass is 35.5. The van der Waals surface area contributed by atoms with Crippen LogP contribution in [-0.2, 0) is 6.42 Å². The van der Waals surface area contributed by atoms with E-state index in [1.165, 1.54) is 17.7 Å². The molecule has 0 atom stereocenters. The van der Waals surface area contributed by atoms with Crippen molar-refractivity contribution in [3.05, 3.63) is 52.8 Å². The van der Waals surface area contributed by atoms with E-state index in [4.69, 9.17) is 17.3 Å². The Morgan fingerprint density at radius 1 is 1.24 bits per heavy atom. The maximum Gasteiger partial charge on any atom is 0.205 e. The van der Waals surface area contributed by atoms with Crippen molar-refractivity contribution in [3.8, 4) is 5.69 Å². The second-order valence-corrected chi connectivity index (χ2v) is 5.38. The average molecular weight is 304 g/mol. The molecule has 0 aliphatic heterocycles. The molecule has 0 amide bonds. The van der Waals surface area contributed by atoms with E-state index in [-0.39, 0.29) is 5.02 Å². The fourth-order valence-electron chi connectivity index (χ4n) is 2.46. The van der Waals surface area contributed by atoms with Crippen LogP contribution < -0.4 is 5.73 Å². The van der Waals surface area contributed by atoms with E-state index >= 15 is 0 Å². The van der Waals surface area contributed by atoms with Crippen molar-refractivity contribution in [1.82, 2.24) is 9.55 Å². The molecule has 0 saturated heterocycles. The van der Waals surface area contributed by atoms with Crippen LogP contribution in [0.5, 0.6) is 0 Å². The molecule has 108 valence electrons. The molecule has 1 aromatic heterocycles. The summed E-state index contributed by atoms with van der Waals surface area (Å²) in [6.07, 6.45) is 2.13. The summed E-state index contributed by atoms with van der Waals surface area (Å²) < 4.78 is 15.4. The number of nitrogen functional groups attached to an aromatic ring is 1. The third-order valence-corrected chi connectivity index (χ3v) is 3.75. The van der Waals surface area contributed by atoms with E-state index in [1.807, 2.05) is 12.1 Å². The molecule has 0 aliphatic carbocycles. The first-order valence-corrected chi connectivity index (χ1v) is 7.20. The minimum Gasteiger partial charge on any atom is -0.369 e.